The molecule has 0 atom stereocenters. The lowest BCUT2D eigenvalue weighted by molar-refractivity contribution is 0.0982. The Balaban J connectivity index is 1.13. The smallest absolute Gasteiger partial charge is 0.229 e. The van der Waals surface area contributed by atoms with Gasteiger partial charge in [-0.1, -0.05) is 23.7 Å². The normalized spacial score (nSPS) is 18.5. The van der Waals surface area contributed by atoms with Gasteiger partial charge < -0.3 is 30.5 Å². The van der Waals surface area contributed by atoms with Gasteiger partial charge in [0.2, 0.25) is 5.95 Å². The number of benzene rings is 2. The Hall–Kier alpha value is -3.27. The number of halogens is 1. The van der Waals surface area contributed by atoms with Crippen LogP contribution in [0.15, 0.2) is 42.6 Å². The van der Waals surface area contributed by atoms with Gasteiger partial charge in [0, 0.05) is 63.6 Å². The van der Waals surface area contributed by atoms with Gasteiger partial charge >= 0.3 is 0 Å². The summed E-state index contributed by atoms with van der Waals surface area (Å²) in [4.78, 5) is 16.6. The zero-order valence-electron chi connectivity index (χ0n) is 22.7. The maximum absolute atomic E-state index is 6.46. The van der Waals surface area contributed by atoms with E-state index in [-0.39, 0.29) is 0 Å². The first-order valence-electron chi connectivity index (χ1n) is 13.9. The van der Waals surface area contributed by atoms with Gasteiger partial charge in [0.05, 0.1) is 30.4 Å². The first-order chi connectivity index (χ1) is 19.1. The van der Waals surface area contributed by atoms with E-state index in [4.69, 9.17) is 16.3 Å². The maximum atomic E-state index is 6.46. The minimum absolute atomic E-state index is 0.446. The first-order valence-corrected chi connectivity index (χ1v) is 14.2. The third-order valence-electron chi connectivity index (χ3n) is 8.16. The number of rotatable bonds is 7. The van der Waals surface area contributed by atoms with Gasteiger partial charge in [-0.05, 0) is 50.1 Å². The van der Waals surface area contributed by atoms with E-state index in [0.717, 1.165) is 48.9 Å². The predicted octanol–water partition coefficient (Wildman–Crippen LogP) is 4.81. The van der Waals surface area contributed by atoms with Crippen LogP contribution in [-0.4, -0.2) is 85.8 Å². The molecule has 4 heterocycles. The Labute approximate surface area is 235 Å². The Kier molecular flexibility index (Phi) is 7.63. The second-order valence-corrected chi connectivity index (χ2v) is 11.0. The summed E-state index contributed by atoms with van der Waals surface area (Å²) in [6.45, 7) is 7.76. The number of ether oxygens (including phenoxy) is 1. The highest BCUT2D eigenvalue weighted by Gasteiger charge is 2.27. The average Bonchev–Trinajstić information content (AvgIpc) is 3.46. The highest BCUT2D eigenvalue weighted by Crippen LogP contribution is 2.36. The number of likely N-dealkylation sites (N-methyl/N-ethyl adjacent to an activating group) is 1. The third-order valence-corrected chi connectivity index (χ3v) is 8.44. The molecule has 6 rings (SSSR count). The number of aromatic nitrogens is 2. The van der Waals surface area contributed by atoms with E-state index in [1.807, 2.05) is 18.2 Å². The summed E-state index contributed by atoms with van der Waals surface area (Å²) in [6.07, 6.45) is 5.02. The standard InChI is InChI=1S/C29H37ClN8O/c1-36-14-16-38(17-15-36)21-9-12-37(13-10-21)22-6-7-24(26(18-22)39-2)34-29-32-19-23(30)28(35-29)33-25-5-3-4-20-8-11-31-27(20)25/h3-7,18-19,21,31H,8-17H2,1-2H3,(H2,32,33,34,35). The van der Waals surface area contributed by atoms with Gasteiger partial charge in [0.1, 0.15) is 10.8 Å². The van der Waals surface area contributed by atoms with Gasteiger partial charge in [-0.15, -0.1) is 0 Å². The fraction of sp³-hybridized carbons (Fsp3) is 0.448. The van der Waals surface area contributed by atoms with Crippen LogP contribution in [0.2, 0.25) is 5.02 Å². The van der Waals surface area contributed by atoms with Crippen LogP contribution in [0.4, 0.5) is 34.5 Å². The number of anilines is 6. The van der Waals surface area contributed by atoms with E-state index in [1.165, 1.54) is 50.3 Å². The van der Waals surface area contributed by atoms with Gasteiger partial charge in [0.25, 0.3) is 0 Å². The molecular weight excluding hydrogens is 512 g/mol. The van der Waals surface area contributed by atoms with E-state index in [0.29, 0.717) is 22.8 Å². The van der Waals surface area contributed by atoms with Crippen molar-refractivity contribution < 1.29 is 4.74 Å². The number of hydrogen-bond acceptors (Lipinski definition) is 9. The lowest BCUT2D eigenvalue weighted by atomic mass is 10.0. The van der Waals surface area contributed by atoms with E-state index in [2.05, 4.69) is 65.9 Å². The number of methoxy groups -OCH3 is 1. The van der Waals surface area contributed by atoms with Crippen LogP contribution in [0, 0.1) is 0 Å². The molecule has 2 fully saturated rings. The molecule has 0 amide bonds. The second-order valence-electron chi connectivity index (χ2n) is 10.6. The van der Waals surface area contributed by atoms with Crippen LogP contribution in [0.3, 0.4) is 0 Å². The largest absolute Gasteiger partial charge is 0.494 e. The highest BCUT2D eigenvalue weighted by molar-refractivity contribution is 6.33. The topological polar surface area (TPSA) is 80.8 Å². The molecule has 39 heavy (non-hydrogen) atoms. The molecule has 1 aromatic heterocycles. The average molecular weight is 549 g/mol. The molecule has 2 saturated heterocycles. The Morgan fingerprint density at radius 1 is 1.00 bits per heavy atom. The van der Waals surface area contributed by atoms with Crippen molar-refractivity contribution in [1.29, 1.82) is 0 Å². The first kappa shape index (κ1) is 26.0. The third kappa shape index (κ3) is 5.71. The SMILES string of the molecule is COc1cc(N2CCC(N3CCN(C)CC3)CC2)ccc1Nc1ncc(Cl)c(Nc2cccc3c2NCC3)n1. The van der Waals surface area contributed by atoms with Crippen molar-refractivity contribution >= 4 is 46.1 Å². The van der Waals surface area contributed by atoms with E-state index in [9.17, 15) is 0 Å². The molecule has 206 valence electrons. The monoisotopic (exact) mass is 548 g/mol. The molecule has 3 N–H and O–H groups in total. The van der Waals surface area contributed by atoms with Crippen molar-refractivity contribution in [3.05, 3.63) is 53.2 Å². The Morgan fingerprint density at radius 3 is 2.62 bits per heavy atom. The highest BCUT2D eigenvalue weighted by atomic mass is 35.5. The van der Waals surface area contributed by atoms with Crippen LogP contribution in [0.1, 0.15) is 18.4 Å². The zero-order chi connectivity index (χ0) is 26.8. The summed E-state index contributed by atoms with van der Waals surface area (Å²) in [5, 5.41) is 10.6. The molecule has 3 aromatic rings. The van der Waals surface area contributed by atoms with Crippen molar-refractivity contribution in [3.8, 4) is 5.75 Å². The molecule has 9 nitrogen and oxygen atoms in total. The number of fused-ring (bicyclic) bond motifs is 1. The number of hydrogen-bond donors (Lipinski definition) is 3. The minimum atomic E-state index is 0.446. The summed E-state index contributed by atoms with van der Waals surface area (Å²) < 4.78 is 5.77. The summed E-state index contributed by atoms with van der Waals surface area (Å²) in [7, 11) is 3.91. The molecule has 0 unspecified atom stereocenters. The van der Waals surface area contributed by atoms with Gasteiger partial charge in [-0.2, -0.15) is 4.98 Å². The number of piperazine rings is 1. The molecule has 3 aliphatic heterocycles. The molecule has 0 spiro atoms. The summed E-state index contributed by atoms with van der Waals surface area (Å²) in [6, 6.07) is 13.2. The minimum Gasteiger partial charge on any atom is -0.494 e. The second kappa shape index (κ2) is 11.5. The van der Waals surface area contributed by atoms with E-state index >= 15 is 0 Å². The van der Waals surface area contributed by atoms with Crippen LogP contribution < -0.4 is 25.6 Å². The lowest BCUT2D eigenvalue weighted by Crippen LogP contribution is -2.52. The molecule has 0 saturated carbocycles. The van der Waals surface area contributed by atoms with Crippen LogP contribution in [0.25, 0.3) is 0 Å². The quantitative estimate of drug-likeness (QED) is 0.385. The zero-order valence-corrected chi connectivity index (χ0v) is 23.5. The molecule has 0 radical (unpaired) electrons. The molecular formula is C29H37ClN8O. The Bertz CT molecular complexity index is 1300. The predicted molar refractivity (Wildman–Crippen MR) is 160 cm³/mol. The van der Waals surface area contributed by atoms with Gasteiger partial charge in [-0.3, -0.25) is 4.90 Å². The number of para-hydroxylation sites is 1. The molecule has 0 aliphatic carbocycles. The van der Waals surface area contributed by atoms with Crippen LogP contribution in [0.5, 0.6) is 5.75 Å². The molecule has 2 aromatic carbocycles. The molecule has 3 aliphatic rings. The van der Waals surface area contributed by atoms with Crippen molar-refractivity contribution in [2.45, 2.75) is 25.3 Å². The van der Waals surface area contributed by atoms with E-state index in [1.54, 1.807) is 13.3 Å². The number of nitrogens with one attached hydrogen (secondary N) is 3. The van der Waals surface area contributed by atoms with Crippen molar-refractivity contribution in [3.63, 3.8) is 0 Å². The molecule has 10 heteroatoms. The van der Waals surface area contributed by atoms with E-state index < -0.39 is 0 Å². The molecule has 0 bridgehead atoms. The van der Waals surface area contributed by atoms with Crippen molar-refractivity contribution in [2.24, 2.45) is 0 Å². The number of nitrogens with zero attached hydrogens (tertiary/aromatic N) is 5. The summed E-state index contributed by atoms with van der Waals surface area (Å²) >= 11 is 6.46. The fourth-order valence-electron chi connectivity index (χ4n) is 5.86. The Morgan fingerprint density at radius 2 is 1.82 bits per heavy atom. The number of piperidine rings is 1. The summed E-state index contributed by atoms with van der Waals surface area (Å²) in [5.74, 6) is 1.75. The lowest BCUT2D eigenvalue weighted by Gasteiger charge is -2.42. The fourth-order valence-corrected chi connectivity index (χ4v) is 6.00. The van der Waals surface area contributed by atoms with Gasteiger partial charge in [-0.25, -0.2) is 4.98 Å². The van der Waals surface area contributed by atoms with Crippen LogP contribution >= 0.6 is 11.6 Å². The van der Waals surface area contributed by atoms with Crippen molar-refractivity contribution in [1.82, 2.24) is 19.8 Å². The van der Waals surface area contributed by atoms with Crippen molar-refractivity contribution in [2.75, 3.05) is 80.8 Å². The maximum Gasteiger partial charge on any atom is 0.229 e. The summed E-state index contributed by atoms with van der Waals surface area (Å²) in [5.41, 5.74) is 5.33. The van der Waals surface area contributed by atoms with Gasteiger partial charge in [0.15, 0.2) is 5.82 Å². The van der Waals surface area contributed by atoms with Crippen LogP contribution in [-0.2, 0) is 6.42 Å².